The number of aliphatic hydroxyl groups is 1. The summed E-state index contributed by atoms with van der Waals surface area (Å²) in [5.41, 5.74) is 0. The van der Waals surface area contributed by atoms with Crippen LogP contribution >= 0.6 is 0 Å². The second-order valence-electron chi connectivity index (χ2n) is 3.81. The van der Waals surface area contributed by atoms with Crippen molar-refractivity contribution in [3.05, 3.63) is 0 Å². The topological polar surface area (TPSA) is 52.6 Å². The Morgan fingerprint density at radius 1 is 1.69 bits per heavy atom. The van der Waals surface area contributed by atoms with Gasteiger partial charge in [-0.2, -0.15) is 0 Å². The second kappa shape index (κ2) is 4.58. The summed E-state index contributed by atoms with van der Waals surface area (Å²) in [7, 11) is 0. The highest BCUT2D eigenvalue weighted by Crippen LogP contribution is 2.09. The molecule has 13 heavy (non-hydrogen) atoms. The summed E-state index contributed by atoms with van der Waals surface area (Å²) in [5.74, 6) is 0.0676. The molecule has 1 heterocycles. The van der Waals surface area contributed by atoms with E-state index in [0.29, 0.717) is 25.6 Å². The Labute approximate surface area is 78.9 Å². The monoisotopic (exact) mass is 186 g/mol. The van der Waals surface area contributed by atoms with Gasteiger partial charge in [-0.3, -0.25) is 4.79 Å². The minimum Gasteiger partial charge on any atom is -0.391 e. The Kier molecular flexibility index (Phi) is 3.69. The number of nitrogens with zero attached hydrogens (tertiary/aromatic N) is 1. The quantitative estimate of drug-likeness (QED) is 0.627. The molecular formula is C9H18N2O2. The van der Waals surface area contributed by atoms with Gasteiger partial charge in [0, 0.05) is 25.7 Å². The number of hydrogen-bond acceptors (Lipinski definition) is 3. The van der Waals surface area contributed by atoms with E-state index in [9.17, 15) is 9.90 Å². The van der Waals surface area contributed by atoms with Crippen LogP contribution in [-0.2, 0) is 4.79 Å². The van der Waals surface area contributed by atoms with E-state index in [1.807, 2.05) is 0 Å². The molecule has 4 nitrogen and oxygen atoms in total. The van der Waals surface area contributed by atoms with Crippen LogP contribution in [0.5, 0.6) is 0 Å². The zero-order chi connectivity index (χ0) is 9.84. The zero-order valence-corrected chi connectivity index (χ0v) is 8.29. The minimum atomic E-state index is -0.452. The number of carbonyl (C=O) groups excluding carboxylic acids is 1. The molecule has 1 unspecified atom stereocenters. The lowest BCUT2D eigenvalue weighted by molar-refractivity contribution is -0.127. The minimum absolute atomic E-state index is 0.0676. The third-order valence-electron chi connectivity index (χ3n) is 2.13. The van der Waals surface area contributed by atoms with Crippen LogP contribution in [0.1, 0.15) is 20.3 Å². The molecule has 4 heteroatoms. The van der Waals surface area contributed by atoms with Crippen molar-refractivity contribution >= 4 is 5.91 Å². The fourth-order valence-electron chi connectivity index (χ4n) is 1.46. The number of hydrogen-bond donors (Lipinski definition) is 2. The second-order valence-corrected chi connectivity index (χ2v) is 3.81. The maximum atomic E-state index is 11.2. The summed E-state index contributed by atoms with van der Waals surface area (Å²) in [6, 6.07) is 0.447. The summed E-state index contributed by atoms with van der Waals surface area (Å²) in [6.45, 7) is 6.14. The van der Waals surface area contributed by atoms with E-state index in [1.165, 1.54) is 0 Å². The van der Waals surface area contributed by atoms with Crippen molar-refractivity contribution in [1.82, 2.24) is 10.2 Å². The molecule has 0 aromatic carbocycles. The molecule has 76 valence electrons. The fourth-order valence-corrected chi connectivity index (χ4v) is 1.46. The maximum absolute atomic E-state index is 11.2. The lowest BCUT2D eigenvalue weighted by atomic mass is 10.3. The first kappa shape index (κ1) is 10.5. The highest BCUT2D eigenvalue weighted by Gasteiger charge is 2.26. The molecule has 0 bridgehead atoms. The van der Waals surface area contributed by atoms with Crippen LogP contribution in [0.4, 0.5) is 0 Å². The average molecular weight is 186 g/mol. The highest BCUT2D eigenvalue weighted by atomic mass is 16.3. The van der Waals surface area contributed by atoms with E-state index in [-0.39, 0.29) is 5.91 Å². The predicted octanol–water partition coefficient (Wildman–Crippen LogP) is -0.422. The third-order valence-corrected chi connectivity index (χ3v) is 2.13. The van der Waals surface area contributed by atoms with Gasteiger partial charge in [-0.1, -0.05) is 13.8 Å². The van der Waals surface area contributed by atoms with Gasteiger partial charge in [0.2, 0.25) is 5.91 Å². The van der Waals surface area contributed by atoms with Gasteiger partial charge < -0.3 is 15.3 Å². The van der Waals surface area contributed by atoms with Gasteiger partial charge in [0.1, 0.15) is 0 Å². The zero-order valence-electron chi connectivity index (χ0n) is 8.29. The molecular weight excluding hydrogens is 168 g/mol. The number of nitrogens with one attached hydrogen (secondary N) is 1. The smallest absolute Gasteiger partial charge is 0.225 e. The van der Waals surface area contributed by atoms with Gasteiger partial charge in [0.25, 0.3) is 0 Å². The van der Waals surface area contributed by atoms with Crippen LogP contribution in [-0.4, -0.2) is 47.7 Å². The van der Waals surface area contributed by atoms with Crippen molar-refractivity contribution in [1.29, 1.82) is 0 Å². The molecule has 0 saturated carbocycles. The number of carbonyl (C=O) groups is 1. The van der Waals surface area contributed by atoms with E-state index in [1.54, 1.807) is 4.90 Å². The fraction of sp³-hybridized carbons (Fsp3) is 0.889. The number of likely N-dealkylation sites (tertiary alicyclic amines) is 1. The number of β-amino-alcohol motifs (C(OH)–C–C–N with tert-alkyl or cyclic N) is 1. The molecule has 0 aromatic heterocycles. The van der Waals surface area contributed by atoms with Gasteiger partial charge in [-0.15, -0.1) is 0 Å². The number of rotatable bonds is 4. The van der Waals surface area contributed by atoms with E-state index in [0.717, 1.165) is 6.54 Å². The molecule has 1 amide bonds. The summed E-state index contributed by atoms with van der Waals surface area (Å²) in [4.78, 5) is 12.9. The summed E-state index contributed by atoms with van der Waals surface area (Å²) in [6.07, 6.45) is -0.159. The molecule has 1 atom stereocenters. The Morgan fingerprint density at radius 2 is 2.38 bits per heavy atom. The van der Waals surface area contributed by atoms with Crippen molar-refractivity contribution in [2.75, 3.05) is 19.6 Å². The van der Waals surface area contributed by atoms with Gasteiger partial charge in [0.15, 0.2) is 0 Å². The van der Waals surface area contributed by atoms with E-state index < -0.39 is 6.10 Å². The SMILES string of the molecule is CC(C)NCCN1CC(O)CC1=O. The van der Waals surface area contributed by atoms with Gasteiger partial charge in [-0.05, 0) is 0 Å². The van der Waals surface area contributed by atoms with Crippen molar-refractivity contribution in [3.63, 3.8) is 0 Å². The Bertz CT molecular complexity index is 182. The van der Waals surface area contributed by atoms with Crippen molar-refractivity contribution in [2.45, 2.75) is 32.4 Å². The highest BCUT2D eigenvalue weighted by molar-refractivity contribution is 5.78. The van der Waals surface area contributed by atoms with E-state index in [4.69, 9.17) is 0 Å². The van der Waals surface area contributed by atoms with Crippen LogP contribution in [0, 0.1) is 0 Å². The van der Waals surface area contributed by atoms with Crippen molar-refractivity contribution in [2.24, 2.45) is 0 Å². The predicted molar refractivity (Wildman–Crippen MR) is 50.3 cm³/mol. The Balaban J connectivity index is 2.18. The normalized spacial score (nSPS) is 23.2. The molecule has 1 saturated heterocycles. The molecule has 0 aromatic rings. The average Bonchev–Trinajstić information content (AvgIpc) is 2.29. The maximum Gasteiger partial charge on any atom is 0.225 e. The molecule has 1 aliphatic rings. The largest absolute Gasteiger partial charge is 0.391 e. The molecule has 0 radical (unpaired) electrons. The Morgan fingerprint density at radius 3 is 2.85 bits per heavy atom. The summed E-state index contributed by atoms with van der Waals surface area (Å²) in [5, 5.41) is 12.4. The molecule has 1 fully saturated rings. The first-order valence-corrected chi connectivity index (χ1v) is 4.79. The molecule has 1 rings (SSSR count). The molecule has 0 aliphatic carbocycles. The van der Waals surface area contributed by atoms with Crippen molar-refractivity contribution in [3.8, 4) is 0 Å². The number of amides is 1. The molecule has 0 spiro atoms. The standard InChI is InChI=1S/C9H18N2O2/c1-7(2)10-3-4-11-6-8(12)5-9(11)13/h7-8,10,12H,3-6H2,1-2H3. The molecule has 1 aliphatic heterocycles. The molecule has 2 N–H and O–H groups in total. The van der Waals surface area contributed by atoms with Crippen molar-refractivity contribution < 1.29 is 9.90 Å². The van der Waals surface area contributed by atoms with Crippen LogP contribution in [0.2, 0.25) is 0 Å². The van der Waals surface area contributed by atoms with Crippen LogP contribution in [0.25, 0.3) is 0 Å². The van der Waals surface area contributed by atoms with Gasteiger partial charge in [-0.25, -0.2) is 0 Å². The van der Waals surface area contributed by atoms with Crippen LogP contribution in [0.15, 0.2) is 0 Å². The number of aliphatic hydroxyl groups excluding tert-OH is 1. The lowest BCUT2D eigenvalue weighted by Crippen LogP contribution is -2.36. The van der Waals surface area contributed by atoms with Crippen LogP contribution < -0.4 is 5.32 Å². The lowest BCUT2D eigenvalue weighted by Gasteiger charge is -2.16. The Hall–Kier alpha value is -0.610. The summed E-state index contributed by atoms with van der Waals surface area (Å²) < 4.78 is 0. The first-order chi connectivity index (χ1) is 6.09. The third kappa shape index (κ3) is 3.32. The van der Waals surface area contributed by atoms with Gasteiger partial charge in [0.05, 0.1) is 12.5 Å². The summed E-state index contributed by atoms with van der Waals surface area (Å²) >= 11 is 0. The van der Waals surface area contributed by atoms with Gasteiger partial charge >= 0.3 is 0 Å². The van der Waals surface area contributed by atoms with E-state index in [2.05, 4.69) is 19.2 Å². The first-order valence-electron chi connectivity index (χ1n) is 4.79. The van der Waals surface area contributed by atoms with Crippen LogP contribution in [0.3, 0.4) is 0 Å². The van der Waals surface area contributed by atoms with E-state index >= 15 is 0 Å².